The van der Waals surface area contributed by atoms with E-state index in [-0.39, 0.29) is 0 Å². The van der Waals surface area contributed by atoms with Gasteiger partial charge in [0.1, 0.15) is 0 Å². The summed E-state index contributed by atoms with van der Waals surface area (Å²) in [7, 11) is 0. The molecule has 8 aromatic carbocycles. The largest absolute Gasteiger partial charge is 0.311 e. The third kappa shape index (κ3) is 10.7. The van der Waals surface area contributed by atoms with Gasteiger partial charge in [0.15, 0.2) is 0 Å². The third-order valence-electron chi connectivity index (χ3n) is 15.3. The Bertz CT molecular complexity index is 3350. The van der Waals surface area contributed by atoms with Crippen LogP contribution in [0.1, 0.15) is 62.5 Å². The second-order valence-electron chi connectivity index (χ2n) is 20.6. The molecular formula is C74H66N4. The molecule has 0 unspecified atom stereocenters. The predicted molar refractivity (Wildman–Crippen MR) is 332 cm³/mol. The second kappa shape index (κ2) is 23.0. The van der Waals surface area contributed by atoms with Crippen molar-refractivity contribution in [3.63, 3.8) is 0 Å². The first-order chi connectivity index (χ1) is 38.5. The minimum atomic E-state index is 1.07. The molecule has 0 saturated heterocycles. The highest BCUT2D eigenvalue weighted by Gasteiger charge is 2.21. The molecule has 4 nitrogen and oxygen atoms in total. The first-order valence-electron chi connectivity index (χ1n) is 27.9. The molecule has 4 heteroatoms. The van der Waals surface area contributed by atoms with Crippen LogP contribution in [-0.2, 0) is 0 Å². The van der Waals surface area contributed by atoms with E-state index >= 15 is 0 Å². The molecule has 0 bridgehead atoms. The topological polar surface area (TPSA) is 13.0 Å². The van der Waals surface area contributed by atoms with Crippen LogP contribution in [0, 0.1) is 13.8 Å². The summed E-state index contributed by atoms with van der Waals surface area (Å²) in [5.41, 5.74) is 23.6. The highest BCUT2D eigenvalue weighted by atomic mass is 15.2. The quantitative estimate of drug-likeness (QED) is 0.101. The van der Waals surface area contributed by atoms with E-state index in [1.54, 1.807) is 0 Å². The van der Waals surface area contributed by atoms with Gasteiger partial charge in [-0.25, -0.2) is 0 Å². The van der Waals surface area contributed by atoms with Gasteiger partial charge in [-0.2, -0.15) is 0 Å². The Morgan fingerprint density at radius 1 is 0.244 bits per heavy atom. The van der Waals surface area contributed by atoms with Crippen molar-refractivity contribution in [1.29, 1.82) is 0 Å². The van der Waals surface area contributed by atoms with Crippen LogP contribution in [0.15, 0.2) is 290 Å². The van der Waals surface area contributed by atoms with Gasteiger partial charge < -0.3 is 19.6 Å². The fraction of sp³-hybridized carbons (Fsp3) is 0.135. The summed E-state index contributed by atoms with van der Waals surface area (Å²) in [4.78, 5) is 9.55. The van der Waals surface area contributed by atoms with Crippen LogP contribution in [0.2, 0.25) is 0 Å². The van der Waals surface area contributed by atoms with Gasteiger partial charge in [-0.3, -0.25) is 0 Å². The van der Waals surface area contributed by atoms with Gasteiger partial charge in [0.05, 0.1) is 0 Å². The molecule has 0 amide bonds. The number of hydrogen-bond acceptors (Lipinski definition) is 4. The molecular weight excluding hydrogens is 945 g/mol. The average Bonchev–Trinajstić information content (AvgIpc) is 3.56. The van der Waals surface area contributed by atoms with Crippen LogP contribution in [0.3, 0.4) is 0 Å². The van der Waals surface area contributed by atoms with Gasteiger partial charge >= 0.3 is 0 Å². The lowest BCUT2D eigenvalue weighted by atomic mass is 9.98. The molecule has 0 fully saturated rings. The first-order valence-corrected chi connectivity index (χ1v) is 27.9. The minimum Gasteiger partial charge on any atom is -0.311 e. The molecule has 12 rings (SSSR count). The lowest BCUT2D eigenvalue weighted by Crippen LogP contribution is -2.21. The summed E-state index contributed by atoms with van der Waals surface area (Å²) in [6.45, 7) is 4.47. The monoisotopic (exact) mass is 1010 g/mol. The summed E-state index contributed by atoms with van der Waals surface area (Å²) in [6.07, 6.45) is 36.3. The Hall–Kier alpha value is -9.12. The standard InChI is InChI=1S/C74H66N4/c1-55-53-61(41-51-73(55)77(67-29-17-7-18-30-67)71-47-37-59(38-48-71)57-33-43-69(44-34-57)75(63-21-9-3-10-22-63)64-23-11-4-12-24-64)62-42-52-74(56(2)54-62)78(68-31-19-8-20-32-68)72-49-39-60(40-50-72)58-35-45-70(46-36-58)76(65-25-13-5-14-26-65)66-27-15-6-16-28-66/h7-9,11,13,15,17-54H,3-6,10,12,14,16H2,1-2H3. The maximum Gasteiger partial charge on any atom is 0.0491 e. The van der Waals surface area contributed by atoms with Crippen molar-refractivity contribution in [2.24, 2.45) is 0 Å². The second-order valence-corrected chi connectivity index (χ2v) is 20.6. The van der Waals surface area contributed by atoms with E-state index in [9.17, 15) is 0 Å². The molecule has 0 aromatic heterocycles. The Morgan fingerprint density at radius 2 is 0.500 bits per heavy atom. The van der Waals surface area contributed by atoms with E-state index in [0.717, 1.165) is 85.5 Å². The summed E-state index contributed by atoms with van der Waals surface area (Å²) >= 11 is 0. The Balaban J connectivity index is 0.791. The zero-order valence-corrected chi connectivity index (χ0v) is 44.8. The molecule has 0 heterocycles. The molecule has 0 N–H and O–H groups in total. The maximum absolute atomic E-state index is 2.40. The molecule has 0 atom stereocenters. The fourth-order valence-corrected chi connectivity index (χ4v) is 11.3. The maximum atomic E-state index is 2.40. The van der Waals surface area contributed by atoms with Crippen LogP contribution in [-0.4, -0.2) is 0 Å². The lowest BCUT2D eigenvalue weighted by molar-refractivity contribution is 0.958. The van der Waals surface area contributed by atoms with E-state index < -0.39 is 0 Å². The van der Waals surface area contributed by atoms with E-state index in [1.165, 1.54) is 78.7 Å². The number of hydrogen-bond donors (Lipinski definition) is 0. The van der Waals surface area contributed by atoms with Crippen LogP contribution in [0.4, 0.5) is 45.5 Å². The van der Waals surface area contributed by atoms with Gasteiger partial charge in [0, 0.05) is 68.3 Å². The number of aryl methyl sites for hydroxylation is 2. The van der Waals surface area contributed by atoms with Gasteiger partial charge in [0.25, 0.3) is 0 Å². The van der Waals surface area contributed by atoms with Gasteiger partial charge in [-0.15, -0.1) is 0 Å². The number of rotatable bonds is 15. The van der Waals surface area contributed by atoms with Crippen molar-refractivity contribution in [2.45, 2.75) is 65.2 Å². The van der Waals surface area contributed by atoms with Crippen molar-refractivity contribution in [2.75, 3.05) is 19.6 Å². The van der Waals surface area contributed by atoms with Gasteiger partial charge in [0.2, 0.25) is 0 Å². The van der Waals surface area contributed by atoms with Crippen molar-refractivity contribution in [3.05, 3.63) is 301 Å². The number of anilines is 8. The van der Waals surface area contributed by atoms with Gasteiger partial charge in [-0.1, -0.05) is 146 Å². The molecule has 0 saturated carbocycles. The molecule has 0 spiro atoms. The molecule has 382 valence electrons. The molecule has 4 aliphatic rings. The number of para-hydroxylation sites is 2. The van der Waals surface area contributed by atoms with Crippen LogP contribution in [0.25, 0.3) is 33.4 Å². The Morgan fingerprint density at radius 3 is 0.756 bits per heavy atom. The molecule has 0 radical (unpaired) electrons. The Kier molecular flexibility index (Phi) is 14.7. The molecule has 78 heavy (non-hydrogen) atoms. The van der Waals surface area contributed by atoms with Crippen LogP contribution < -0.4 is 19.6 Å². The van der Waals surface area contributed by atoms with E-state index in [4.69, 9.17) is 0 Å². The van der Waals surface area contributed by atoms with Crippen molar-refractivity contribution < 1.29 is 0 Å². The SMILES string of the molecule is Cc1cc(-c2ccc(N(c3ccccc3)c3ccc(-c4ccc(N(C5=CCCC=C5)C5=CCCC=C5)cc4)cc3)c(C)c2)ccc1N(c1ccccc1)c1ccc(-c2ccc(N(C3=CCCC=C3)C3=CCCC=C3)cc2)cc1. The zero-order chi connectivity index (χ0) is 52.6. The third-order valence-corrected chi connectivity index (χ3v) is 15.3. The van der Waals surface area contributed by atoms with E-state index in [1.807, 2.05) is 0 Å². The number of nitrogens with zero attached hydrogens (tertiary/aromatic N) is 4. The predicted octanol–water partition coefficient (Wildman–Crippen LogP) is 20.8. The fourth-order valence-electron chi connectivity index (χ4n) is 11.3. The van der Waals surface area contributed by atoms with E-state index in [0.29, 0.717) is 0 Å². The highest BCUT2D eigenvalue weighted by molar-refractivity contribution is 5.85. The summed E-state index contributed by atoms with van der Waals surface area (Å²) < 4.78 is 0. The Labute approximate surface area is 462 Å². The lowest BCUT2D eigenvalue weighted by Gasteiger charge is -2.30. The normalized spacial score (nSPS) is 14.7. The summed E-state index contributed by atoms with van der Waals surface area (Å²) in [5, 5.41) is 0. The van der Waals surface area contributed by atoms with Crippen molar-refractivity contribution >= 4 is 45.5 Å². The number of benzene rings is 8. The smallest absolute Gasteiger partial charge is 0.0491 e. The molecule has 8 aromatic rings. The van der Waals surface area contributed by atoms with Crippen LogP contribution >= 0.6 is 0 Å². The number of allylic oxidation sites excluding steroid dienone is 12. The van der Waals surface area contributed by atoms with Crippen LogP contribution in [0.5, 0.6) is 0 Å². The summed E-state index contributed by atoms with van der Waals surface area (Å²) in [6, 6.07) is 71.4. The van der Waals surface area contributed by atoms with Crippen molar-refractivity contribution in [1.82, 2.24) is 0 Å². The minimum absolute atomic E-state index is 1.07. The van der Waals surface area contributed by atoms with Gasteiger partial charge in [-0.05, 0) is 231 Å². The highest BCUT2D eigenvalue weighted by Crippen LogP contribution is 2.43. The van der Waals surface area contributed by atoms with Crippen molar-refractivity contribution in [3.8, 4) is 33.4 Å². The zero-order valence-electron chi connectivity index (χ0n) is 44.8. The van der Waals surface area contributed by atoms with E-state index in [2.05, 4.69) is 300 Å². The summed E-state index contributed by atoms with van der Waals surface area (Å²) in [5.74, 6) is 0. The molecule has 4 aliphatic carbocycles. The molecule has 0 aliphatic heterocycles. The average molecular weight is 1010 g/mol. The first kappa shape index (κ1) is 49.7.